The minimum absolute atomic E-state index is 0.0726. The highest BCUT2D eigenvalue weighted by atomic mass is 16.5. The van der Waals surface area contributed by atoms with E-state index in [0.717, 1.165) is 0 Å². The van der Waals surface area contributed by atoms with Gasteiger partial charge in [-0.25, -0.2) is 4.79 Å². The van der Waals surface area contributed by atoms with Gasteiger partial charge in [0.1, 0.15) is 6.61 Å². The number of benzene rings is 1. The lowest BCUT2D eigenvalue weighted by Gasteiger charge is -2.19. The lowest BCUT2D eigenvalue weighted by molar-refractivity contribution is -0.123. The van der Waals surface area contributed by atoms with Crippen LogP contribution in [0.15, 0.2) is 18.2 Å². The molecule has 7 heteroatoms. The first kappa shape index (κ1) is 15.9. The van der Waals surface area contributed by atoms with Crippen LogP contribution in [0.1, 0.15) is 10.4 Å². The summed E-state index contributed by atoms with van der Waals surface area (Å²) in [7, 11) is 3.09. The van der Waals surface area contributed by atoms with Crippen LogP contribution >= 0.6 is 0 Å². The molecule has 0 atom stereocenters. The minimum atomic E-state index is -1.07. The smallest absolute Gasteiger partial charge is 0.335 e. The van der Waals surface area contributed by atoms with Crippen LogP contribution < -0.4 is 10.6 Å². The number of nitrogen functional groups attached to an aromatic ring is 1. The highest BCUT2D eigenvalue weighted by molar-refractivity contribution is 5.98. The van der Waals surface area contributed by atoms with Gasteiger partial charge in [-0.2, -0.15) is 0 Å². The molecule has 1 aromatic carbocycles. The van der Waals surface area contributed by atoms with Crippen LogP contribution in [0.2, 0.25) is 0 Å². The van der Waals surface area contributed by atoms with E-state index in [0.29, 0.717) is 18.9 Å². The second-order valence-electron chi connectivity index (χ2n) is 4.08. The molecule has 110 valence electrons. The summed E-state index contributed by atoms with van der Waals surface area (Å²) in [5.41, 5.74) is 6.49. The first-order chi connectivity index (χ1) is 9.47. The Morgan fingerprint density at radius 3 is 2.60 bits per heavy atom. The molecule has 1 aromatic rings. The van der Waals surface area contributed by atoms with Gasteiger partial charge in [0.2, 0.25) is 0 Å². The SMILES string of the molecule is COCCOCC(=O)N(C)c1ccc(C(=O)O)cc1N. The third-order valence-corrected chi connectivity index (χ3v) is 2.67. The Labute approximate surface area is 116 Å². The fourth-order valence-corrected chi connectivity index (χ4v) is 1.53. The Hall–Kier alpha value is -2.12. The van der Waals surface area contributed by atoms with E-state index < -0.39 is 5.97 Å². The summed E-state index contributed by atoms with van der Waals surface area (Å²) < 4.78 is 9.93. The summed E-state index contributed by atoms with van der Waals surface area (Å²) in [6, 6.07) is 4.20. The number of hydrogen-bond donors (Lipinski definition) is 2. The second-order valence-corrected chi connectivity index (χ2v) is 4.08. The van der Waals surface area contributed by atoms with Crippen LogP contribution in [0.4, 0.5) is 11.4 Å². The summed E-state index contributed by atoms with van der Waals surface area (Å²) in [5, 5.41) is 8.85. The molecule has 0 bridgehead atoms. The zero-order valence-electron chi connectivity index (χ0n) is 11.5. The molecule has 0 unspecified atom stereocenters. The van der Waals surface area contributed by atoms with Crippen molar-refractivity contribution in [2.75, 3.05) is 44.6 Å². The molecule has 0 saturated heterocycles. The van der Waals surface area contributed by atoms with Gasteiger partial charge in [-0.15, -0.1) is 0 Å². The molecule has 0 spiro atoms. The molecular formula is C13H18N2O5. The van der Waals surface area contributed by atoms with E-state index in [1.807, 2.05) is 0 Å². The third kappa shape index (κ3) is 4.22. The Morgan fingerprint density at radius 1 is 1.35 bits per heavy atom. The zero-order valence-corrected chi connectivity index (χ0v) is 11.5. The number of aromatic carboxylic acids is 1. The van der Waals surface area contributed by atoms with Crippen molar-refractivity contribution in [3.8, 4) is 0 Å². The lowest BCUT2D eigenvalue weighted by Crippen LogP contribution is -2.31. The molecule has 0 radical (unpaired) electrons. The Bertz CT molecular complexity index is 490. The molecule has 0 aromatic heterocycles. The first-order valence-electron chi connectivity index (χ1n) is 5.93. The normalized spacial score (nSPS) is 10.3. The summed E-state index contributed by atoms with van der Waals surface area (Å²) in [4.78, 5) is 24.0. The van der Waals surface area contributed by atoms with Gasteiger partial charge in [-0.1, -0.05) is 0 Å². The van der Waals surface area contributed by atoms with Crippen molar-refractivity contribution in [3.05, 3.63) is 23.8 Å². The average molecular weight is 282 g/mol. The standard InChI is InChI=1S/C13H18N2O5/c1-15(12(16)8-20-6-5-19-2)11-4-3-9(13(17)18)7-10(11)14/h3-4,7H,5-6,8,14H2,1-2H3,(H,17,18). The van der Waals surface area contributed by atoms with Gasteiger partial charge in [0.05, 0.1) is 30.2 Å². The number of carboxylic acid groups (broad SMARTS) is 1. The van der Waals surface area contributed by atoms with E-state index in [9.17, 15) is 9.59 Å². The number of amides is 1. The molecule has 0 aliphatic carbocycles. The number of rotatable bonds is 7. The van der Waals surface area contributed by atoms with Crippen LogP contribution in [-0.4, -0.2) is 51.0 Å². The fourth-order valence-electron chi connectivity index (χ4n) is 1.53. The molecule has 7 nitrogen and oxygen atoms in total. The van der Waals surface area contributed by atoms with Crippen LogP contribution in [-0.2, 0) is 14.3 Å². The second kappa shape index (κ2) is 7.46. The van der Waals surface area contributed by atoms with Crippen LogP contribution in [0.25, 0.3) is 0 Å². The molecule has 0 saturated carbocycles. The van der Waals surface area contributed by atoms with Crippen molar-refractivity contribution in [3.63, 3.8) is 0 Å². The fraction of sp³-hybridized carbons (Fsp3) is 0.385. The molecule has 0 aliphatic rings. The number of nitrogens with zero attached hydrogens (tertiary/aromatic N) is 1. The minimum Gasteiger partial charge on any atom is -0.478 e. The number of anilines is 2. The van der Waals surface area contributed by atoms with Crippen LogP contribution in [0.5, 0.6) is 0 Å². The number of likely N-dealkylation sites (N-methyl/N-ethyl adjacent to an activating group) is 1. The predicted molar refractivity (Wildman–Crippen MR) is 73.9 cm³/mol. The van der Waals surface area contributed by atoms with E-state index >= 15 is 0 Å². The Kier molecular flexibility index (Phi) is 5.95. The number of carboxylic acids is 1. The summed E-state index contributed by atoms with van der Waals surface area (Å²) >= 11 is 0. The molecule has 20 heavy (non-hydrogen) atoms. The van der Waals surface area contributed by atoms with E-state index in [1.54, 1.807) is 14.2 Å². The van der Waals surface area contributed by atoms with Gasteiger partial charge < -0.3 is 25.2 Å². The summed E-state index contributed by atoms with van der Waals surface area (Å²) in [6.07, 6.45) is 0. The maximum atomic E-state index is 11.9. The Balaban J connectivity index is 2.69. The van der Waals surface area contributed by atoms with E-state index in [-0.39, 0.29) is 23.8 Å². The van der Waals surface area contributed by atoms with Gasteiger partial charge in [-0.05, 0) is 18.2 Å². The largest absolute Gasteiger partial charge is 0.478 e. The number of hydrogen-bond acceptors (Lipinski definition) is 5. The molecule has 0 heterocycles. The van der Waals surface area contributed by atoms with Crippen molar-refractivity contribution in [2.45, 2.75) is 0 Å². The topological polar surface area (TPSA) is 102 Å². The van der Waals surface area contributed by atoms with Crippen molar-refractivity contribution < 1.29 is 24.2 Å². The van der Waals surface area contributed by atoms with Gasteiger partial charge >= 0.3 is 5.97 Å². The van der Waals surface area contributed by atoms with Crippen molar-refractivity contribution in [1.29, 1.82) is 0 Å². The maximum Gasteiger partial charge on any atom is 0.335 e. The number of carbonyl (C=O) groups excluding carboxylic acids is 1. The number of ether oxygens (including phenoxy) is 2. The van der Waals surface area contributed by atoms with Crippen molar-refractivity contribution in [2.24, 2.45) is 0 Å². The molecule has 1 amide bonds. The highest BCUT2D eigenvalue weighted by Crippen LogP contribution is 2.23. The number of nitrogens with two attached hydrogens (primary N) is 1. The molecule has 1 rings (SSSR count). The summed E-state index contributed by atoms with van der Waals surface area (Å²) in [6.45, 7) is 0.635. The Morgan fingerprint density at radius 2 is 2.05 bits per heavy atom. The lowest BCUT2D eigenvalue weighted by atomic mass is 10.1. The van der Waals surface area contributed by atoms with Crippen LogP contribution in [0, 0.1) is 0 Å². The van der Waals surface area contributed by atoms with Gasteiger partial charge in [-0.3, -0.25) is 4.79 Å². The van der Waals surface area contributed by atoms with Gasteiger partial charge in [0, 0.05) is 14.2 Å². The monoisotopic (exact) mass is 282 g/mol. The van der Waals surface area contributed by atoms with Crippen LogP contribution in [0.3, 0.4) is 0 Å². The molecular weight excluding hydrogens is 264 g/mol. The van der Waals surface area contributed by atoms with E-state index in [2.05, 4.69) is 0 Å². The quantitative estimate of drug-likeness (QED) is 0.560. The first-order valence-corrected chi connectivity index (χ1v) is 5.93. The van der Waals surface area contributed by atoms with E-state index in [4.69, 9.17) is 20.3 Å². The van der Waals surface area contributed by atoms with Gasteiger partial charge in [0.25, 0.3) is 5.91 Å². The average Bonchev–Trinajstić information content (AvgIpc) is 2.42. The van der Waals surface area contributed by atoms with E-state index in [1.165, 1.54) is 23.1 Å². The number of methoxy groups -OCH3 is 1. The zero-order chi connectivity index (χ0) is 15.1. The maximum absolute atomic E-state index is 11.9. The highest BCUT2D eigenvalue weighted by Gasteiger charge is 2.15. The van der Waals surface area contributed by atoms with Gasteiger partial charge in [0.15, 0.2) is 0 Å². The third-order valence-electron chi connectivity index (χ3n) is 2.67. The molecule has 3 N–H and O–H groups in total. The number of carbonyl (C=O) groups is 2. The molecule has 0 fully saturated rings. The molecule has 0 aliphatic heterocycles. The van der Waals surface area contributed by atoms with Crippen molar-refractivity contribution in [1.82, 2.24) is 0 Å². The van der Waals surface area contributed by atoms with Crippen molar-refractivity contribution >= 4 is 23.3 Å². The summed E-state index contributed by atoms with van der Waals surface area (Å²) in [5.74, 6) is -1.35. The predicted octanol–water partition coefficient (Wildman–Crippen LogP) is 0.593.